The van der Waals surface area contributed by atoms with Gasteiger partial charge in [-0.2, -0.15) is 0 Å². The highest BCUT2D eigenvalue weighted by molar-refractivity contribution is 6.30. The molecule has 0 unspecified atom stereocenters. The highest BCUT2D eigenvalue weighted by atomic mass is 35.5. The van der Waals surface area contributed by atoms with Gasteiger partial charge in [-0.05, 0) is 48.4 Å². The number of aromatic nitrogens is 4. The molecule has 0 atom stereocenters. The van der Waals surface area contributed by atoms with Crippen molar-refractivity contribution >= 4 is 34.7 Å². The van der Waals surface area contributed by atoms with Gasteiger partial charge in [0.25, 0.3) is 0 Å². The molecule has 0 saturated heterocycles. The van der Waals surface area contributed by atoms with Crippen molar-refractivity contribution in [3.8, 4) is 11.4 Å². The molecule has 2 aromatic carbocycles. The second-order valence-electron chi connectivity index (χ2n) is 5.81. The molecule has 26 heavy (non-hydrogen) atoms. The molecule has 0 saturated carbocycles. The molecule has 7 heteroatoms. The fraction of sp³-hybridized carbons (Fsp3) is 0.105. The SMILES string of the molecule is Clc1ccc(-c2nnc3c(NCCc4cccc(Cl)c4)nccn23)cc1. The number of nitrogens with zero attached hydrogens (tertiary/aromatic N) is 4. The van der Waals surface area contributed by atoms with Crippen molar-refractivity contribution in [2.24, 2.45) is 0 Å². The van der Waals surface area contributed by atoms with Crippen molar-refractivity contribution < 1.29 is 0 Å². The Kier molecular flexibility index (Phi) is 4.73. The average Bonchev–Trinajstić information content (AvgIpc) is 3.07. The Morgan fingerprint density at radius 2 is 1.81 bits per heavy atom. The lowest BCUT2D eigenvalue weighted by molar-refractivity contribution is 0.998. The molecule has 0 aliphatic carbocycles. The standard InChI is InChI=1S/C19H15Cl2N5/c20-15-6-4-14(5-7-15)18-24-25-19-17(23-10-11-26(18)19)22-9-8-13-2-1-3-16(21)12-13/h1-7,10-12H,8-9H2,(H,22,23). The van der Waals surface area contributed by atoms with Crippen LogP contribution in [0.1, 0.15) is 5.56 Å². The molecule has 0 aliphatic rings. The van der Waals surface area contributed by atoms with Crippen LogP contribution in [0.15, 0.2) is 60.9 Å². The van der Waals surface area contributed by atoms with E-state index in [4.69, 9.17) is 23.2 Å². The summed E-state index contributed by atoms with van der Waals surface area (Å²) in [6.45, 7) is 0.718. The van der Waals surface area contributed by atoms with E-state index in [9.17, 15) is 0 Å². The van der Waals surface area contributed by atoms with Gasteiger partial charge in [-0.3, -0.25) is 4.40 Å². The first-order chi connectivity index (χ1) is 12.7. The van der Waals surface area contributed by atoms with Crippen molar-refractivity contribution in [1.29, 1.82) is 0 Å². The molecule has 4 rings (SSSR count). The van der Waals surface area contributed by atoms with Crippen LogP contribution < -0.4 is 5.32 Å². The molecule has 5 nitrogen and oxygen atoms in total. The minimum atomic E-state index is 0.684. The second kappa shape index (κ2) is 7.32. The summed E-state index contributed by atoms with van der Waals surface area (Å²) in [6.07, 6.45) is 4.42. The van der Waals surface area contributed by atoms with Crippen LogP contribution in [0.25, 0.3) is 17.0 Å². The van der Waals surface area contributed by atoms with E-state index in [1.807, 2.05) is 53.1 Å². The van der Waals surface area contributed by atoms with Crippen LogP contribution >= 0.6 is 23.2 Å². The third-order valence-corrected chi connectivity index (χ3v) is 4.51. The summed E-state index contributed by atoms with van der Waals surface area (Å²) in [4.78, 5) is 4.40. The highest BCUT2D eigenvalue weighted by Crippen LogP contribution is 2.22. The number of benzene rings is 2. The van der Waals surface area contributed by atoms with Crippen LogP contribution in [0, 0.1) is 0 Å². The zero-order chi connectivity index (χ0) is 17.9. The van der Waals surface area contributed by atoms with Crippen molar-refractivity contribution in [2.75, 3.05) is 11.9 Å². The summed E-state index contributed by atoms with van der Waals surface area (Å²) < 4.78 is 1.91. The number of fused-ring (bicyclic) bond motifs is 1. The largest absolute Gasteiger partial charge is 0.367 e. The van der Waals surface area contributed by atoms with E-state index in [0.717, 1.165) is 29.4 Å². The number of hydrogen-bond acceptors (Lipinski definition) is 4. The maximum absolute atomic E-state index is 6.03. The Morgan fingerprint density at radius 3 is 2.62 bits per heavy atom. The molecular formula is C19H15Cl2N5. The summed E-state index contributed by atoms with van der Waals surface area (Å²) >= 11 is 12.0. The number of anilines is 1. The third-order valence-electron chi connectivity index (χ3n) is 4.02. The quantitative estimate of drug-likeness (QED) is 0.539. The van der Waals surface area contributed by atoms with Gasteiger partial charge in [0.15, 0.2) is 11.6 Å². The topological polar surface area (TPSA) is 55.1 Å². The van der Waals surface area contributed by atoms with E-state index in [-0.39, 0.29) is 0 Å². The van der Waals surface area contributed by atoms with Crippen molar-refractivity contribution in [1.82, 2.24) is 19.6 Å². The van der Waals surface area contributed by atoms with Crippen LogP contribution in [0.2, 0.25) is 10.0 Å². The van der Waals surface area contributed by atoms with Crippen molar-refractivity contribution in [3.63, 3.8) is 0 Å². The summed E-state index contributed by atoms with van der Waals surface area (Å²) in [5.74, 6) is 1.44. The minimum Gasteiger partial charge on any atom is -0.367 e. The number of halogens is 2. The van der Waals surface area contributed by atoms with Gasteiger partial charge < -0.3 is 5.32 Å². The van der Waals surface area contributed by atoms with Crippen molar-refractivity contribution in [3.05, 3.63) is 76.5 Å². The maximum atomic E-state index is 6.03. The predicted octanol–water partition coefficient (Wildman–Crippen LogP) is 4.75. The first-order valence-corrected chi connectivity index (χ1v) is 8.90. The second-order valence-corrected chi connectivity index (χ2v) is 6.68. The van der Waals surface area contributed by atoms with Gasteiger partial charge in [-0.15, -0.1) is 10.2 Å². The first-order valence-electron chi connectivity index (χ1n) is 8.15. The molecule has 0 bridgehead atoms. The van der Waals surface area contributed by atoms with E-state index in [1.54, 1.807) is 6.20 Å². The molecule has 0 radical (unpaired) electrons. The fourth-order valence-electron chi connectivity index (χ4n) is 2.76. The van der Waals surface area contributed by atoms with Crippen LogP contribution in [0.3, 0.4) is 0 Å². The molecule has 1 N–H and O–H groups in total. The highest BCUT2D eigenvalue weighted by Gasteiger charge is 2.11. The number of rotatable bonds is 5. The lowest BCUT2D eigenvalue weighted by Gasteiger charge is -2.07. The van der Waals surface area contributed by atoms with Gasteiger partial charge >= 0.3 is 0 Å². The van der Waals surface area contributed by atoms with E-state index >= 15 is 0 Å². The normalized spacial score (nSPS) is 11.0. The smallest absolute Gasteiger partial charge is 0.203 e. The lowest BCUT2D eigenvalue weighted by atomic mass is 10.1. The monoisotopic (exact) mass is 383 g/mol. The summed E-state index contributed by atoms with van der Waals surface area (Å²) in [5, 5.41) is 13.4. The van der Waals surface area contributed by atoms with E-state index in [1.165, 1.54) is 5.56 Å². The summed E-state index contributed by atoms with van der Waals surface area (Å²) in [7, 11) is 0. The van der Waals surface area contributed by atoms with Gasteiger partial charge in [0.05, 0.1) is 0 Å². The third kappa shape index (κ3) is 3.49. The average molecular weight is 384 g/mol. The Hall–Kier alpha value is -2.63. The minimum absolute atomic E-state index is 0.684. The molecule has 4 aromatic rings. The number of hydrogen-bond donors (Lipinski definition) is 1. The summed E-state index contributed by atoms with van der Waals surface area (Å²) in [5.41, 5.74) is 2.79. The van der Waals surface area contributed by atoms with Gasteiger partial charge in [0, 0.05) is 34.5 Å². The molecule has 2 aromatic heterocycles. The van der Waals surface area contributed by atoms with Crippen LogP contribution in [-0.4, -0.2) is 26.1 Å². The lowest BCUT2D eigenvalue weighted by Crippen LogP contribution is -2.08. The Labute approximate surface area is 160 Å². The van der Waals surface area contributed by atoms with Crippen LogP contribution in [0.5, 0.6) is 0 Å². The predicted molar refractivity (Wildman–Crippen MR) is 105 cm³/mol. The van der Waals surface area contributed by atoms with Gasteiger partial charge in [-0.1, -0.05) is 35.3 Å². The van der Waals surface area contributed by atoms with Crippen LogP contribution in [0.4, 0.5) is 5.82 Å². The van der Waals surface area contributed by atoms with E-state index in [0.29, 0.717) is 16.5 Å². The van der Waals surface area contributed by atoms with E-state index in [2.05, 4.69) is 26.6 Å². The molecule has 0 aliphatic heterocycles. The zero-order valence-electron chi connectivity index (χ0n) is 13.7. The molecule has 130 valence electrons. The van der Waals surface area contributed by atoms with Gasteiger partial charge in [-0.25, -0.2) is 4.98 Å². The Morgan fingerprint density at radius 1 is 0.962 bits per heavy atom. The fourth-order valence-corrected chi connectivity index (χ4v) is 3.10. The first kappa shape index (κ1) is 16.8. The molecule has 0 amide bonds. The maximum Gasteiger partial charge on any atom is 0.203 e. The molecule has 0 spiro atoms. The Balaban J connectivity index is 1.56. The zero-order valence-corrected chi connectivity index (χ0v) is 15.2. The molecular weight excluding hydrogens is 369 g/mol. The van der Waals surface area contributed by atoms with E-state index < -0.39 is 0 Å². The van der Waals surface area contributed by atoms with Gasteiger partial charge in [0.1, 0.15) is 0 Å². The van der Waals surface area contributed by atoms with Crippen LogP contribution in [-0.2, 0) is 6.42 Å². The summed E-state index contributed by atoms with van der Waals surface area (Å²) in [6, 6.07) is 15.4. The van der Waals surface area contributed by atoms with Crippen molar-refractivity contribution in [2.45, 2.75) is 6.42 Å². The molecule has 2 heterocycles. The number of nitrogens with one attached hydrogen (secondary N) is 1. The molecule has 0 fully saturated rings. The van der Waals surface area contributed by atoms with Gasteiger partial charge in [0.2, 0.25) is 5.65 Å². The Bertz CT molecular complexity index is 1040.